The van der Waals surface area contributed by atoms with Crippen LogP contribution in [0.1, 0.15) is 5.56 Å². The van der Waals surface area contributed by atoms with Crippen molar-refractivity contribution in [2.24, 2.45) is 0 Å². The van der Waals surface area contributed by atoms with Crippen molar-refractivity contribution >= 4 is 0 Å². The molecular formula is C18H16FNO4. The third kappa shape index (κ3) is 2.83. The summed E-state index contributed by atoms with van der Waals surface area (Å²) in [6.07, 6.45) is 0. The smallest absolute Gasteiger partial charge is 0.173 e. The highest BCUT2D eigenvalue weighted by Gasteiger charge is 2.19. The van der Waals surface area contributed by atoms with Crippen LogP contribution in [-0.2, 0) is 6.61 Å². The summed E-state index contributed by atoms with van der Waals surface area (Å²) in [5.74, 6) is 1.22. The number of hydrogen-bond acceptors (Lipinski definition) is 5. The predicted octanol–water partition coefficient (Wildman–Crippen LogP) is 3.66. The van der Waals surface area contributed by atoms with E-state index in [1.54, 1.807) is 44.6 Å². The molecule has 3 rings (SSSR count). The van der Waals surface area contributed by atoms with Gasteiger partial charge in [-0.3, -0.25) is 0 Å². The first kappa shape index (κ1) is 16.0. The number of methoxy groups -OCH3 is 2. The zero-order chi connectivity index (χ0) is 17.1. The van der Waals surface area contributed by atoms with Crippen molar-refractivity contribution in [1.82, 2.24) is 5.16 Å². The summed E-state index contributed by atoms with van der Waals surface area (Å²) in [6, 6.07) is 11.1. The molecule has 3 aromatic rings. The highest BCUT2D eigenvalue weighted by atomic mass is 19.1. The second-order valence-corrected chi connectivity index (χ2v) is 5.07. The summed E-state index contributed by atoms with van der Waals surface area (Å²) < 4.78 is 29.0. The van der Waals surface area contributed by atoms with E-state index in [1.807, 2.05) is 0 Å². The fourth-order valence-corrected chi connectivity index (χ4v) is 2.49. The summed E-state index contributed by atoms with van der Waals surface area (Å²) in [4.78, 5) is 0. The minimum absolute atomic E-state index is 0.264. The third-order valence-electron chi connectivity index (χ3n) is 3.71. The molecule has 24 heavy (non-hydrogen) atoms. The van der Waals surface area contributed by atoms with Crippen molar-refractivity contribution in [1.29, 1.82) is 0 Å². The largest absolute Gasteiger partial charge is 0.493 e. The first-order valence-corrected chi connectivity index (χ1v) is 7.25. The van der Waals surface area contributed by atoms with E-state index in [0.717, 1.165) is 0 Å². The van der Waals surface area contributed by atoms with Gasteiger partial charge in [-0.05, 0) is 42.5 Å². The molecule has 0 radical (unpaired) electrons. The minimum atomic E-state index is -0.340. The quantitative estimate of drug-likeness (QED) is 0.774. The van der Waals surface area contributed by atoms with E-state index in [-0.39, 0.29) is 12.4 Å². The number of ether oxygens (including phenoxy) is 2. The Hall–Kier alpha value is -2.86. The van der Waals surface area contributed by atoms with Gasteiger partial charge in [0, 0.05) is 11.1 Å². The Bertz CT molecular complexity index is 843. The van der Waals surface area contributed by atoms with E-state index in [2.05, 4.69) is 5.16 Å². The molecule has 1 N–H and O–H groups in total. The summed E-state index contributed by atoms with van der Waals surface area (Å²) >= 11 is 0. The van der Waals surface area contributed by atoms with E-state index in [9.17, 15) is 9.50 Å². The number of aliphatic hydroxyl groups is 1. The number of rotatable bonds is 5. The van der Waals surface area contributed by atoms with Gasteiger partial charge in [-0.15, -0.1) is 0 Å². The molecule has 0 bridgehead atoms. The van der Waals surface area contributed by atoms with Crippen molar-refractivity contribution in [3.63, 3.8) is 0 Å². The first-order chi connectivity index (χ1) is 11.7. The van der Waals surface area contributed by atoms with Crippen LogP contribution >= 0.6 is 0 Å². The summed E-state index contributed by atoms with van der Waals surface area (Å²) in [7, 11) is 3.09. The molecule has 0 fully saturated rings. The molecule has 124 valence electrons. The number of halogens is 1. The Kier molecular flexibility index (Phi) is 4.48. The van der Waals surface area contributed by atoms with Crippen molar-refractivity contribution in [3.8, 4) is 34.1 Å². The Morgan fingerprint density at radius 2 is 1.67 bits per heavy atom. The number of benzene rings is 2. The molecule has 2 aromatic carbocycles. The van der Waals surface area contributed by atoms with Crippen molar-refractivity contribution in [3.05, 3.63) is 53.8 Å². The average molecular weight is 329 g/mol. The second-order valence-electron chi connectivity index (χ2n) is 5.07. The molecule has 0 unspecified atom stereocenters. The van der Waals surface area contributed by atoms with E-state index >= 15 is 0 Å². The van der Waals surface area contributed by atoms with Gasteiger partial charge in [0.05, 0.1) is 26.4 Å². The lowest BCUT2D eigenvalue weighted by Gasteiger charge is -2.08. The fraction of sp³-hybridized carbons (Fsp3) is 0.167. The molecule has 1 heterocycles. The molecule has 0 atom stereocenters. The lowest BCUT2D eigenvalue weighted by molar-refractivity contribution is 0.281. The molecule has 0 aliphatic rings. The Morgan fingerprint density at radius 1 is 1.00 bits per heavy atom. The second kappa shape index (κ2) is 6.72. The molecule has 5 nitrogen and oxygen atoms in total. The van der Waals surface area contributed by atoms with Gasteiger partial charge < -0.3 is 19.1 Å². The normalized spacial score (nSPS) is 10.7. The van der Waals surface area contributed by atoms with Crippen LogP contribution in [0.25, 0.3) is 22.6 Å². The minimum Gasteiger partial charge on any atom is -0.493 e. The van der Waals surface area contributed by atoms with E-state index in [0.29, 0.717) is 39.6 Å². The van der Waals surface area contributed by atoms with Gasteiger partial charge in [0.15, 0.2) is 17.3 Å². The lowest BCUT2D eigenvalue weighted by atomic mass is 10.0. The molecule has 0 aliphatic carbocycles. The van der Waals surface area contributed by atoms with Gasteiger partial charge in [-0.25, -0.2) is 4.39 Å². The molecule has 0 saturated carbocycles. The van der Waals surface area contributed by atoms with Gasteiger partial charge in [0.1, 0.15) is 11.5 Å². The SMILES string of the molecule is COc1ccc(-c2onc(-c3ccc(F)cc3)c2CO)cc1OC. The van der Waals surface area contributed by atoms with Gasteiger partial charge in [-0.2, -0.15) is 0 Å². The fourth-order valence-electron chi connectivity index (χ4n) is 2.49. The number of nitrogens with zero attached hydrogens (tertiary/aromatic N) is 1. The third-order valence-corrected chi connectivity index (χ3v) is 3.71. The van der Waals surface area contributed by atoms with Crippen LogP contribution < -0.4 is 9.47 Å². The number of aromatic nitrogens is 1. The maximum absolute atomic E-state index is 13.1. The topological polar surface area (TPSA) is 64.7 Å². The molecule has 1 aromatic heterocycles. The summed E-state index contributed by atoms with van der Waals surface area (Å²) in [6.45, 7) is -0.264. The van der Waals surface area contributed by atoms with Gasteiger partial charge in [-0.1, -0.05) is 5.16 Å². The van der Waals surface area contributed by atoms with E-state index < -0.39 is 0 Å². The van der Waals surface area contributed by atoms with Gasteiger partial charge in [0.25, 0.3) is 0 Å². The molecular weight excluding hydrogens is 313 g/mol. The zero-order valence-corrected chi connectivity index (χ0v) is 13.2. The van der Waals surface area contributed by atoms with Gasteiger partial charge in [0.2, 0.25) is 0 Å². The van der Waals surface area contributed by atoms with Gasteiger partial charge >= 0.3 is 0 Å². The number of hydrogen-bond donors (Lipinski definition) is 1. The van der Waals surface area contributed by atoms with Crippen LogP contribution in [0.15, 0.2) is 47.0 Å². The maximum Gasteiger partial charge on any atom is 0.173 e. The standard InChI is InChI=1S/C18H16FNO4/c1-22-15-8-5-12(9-16(15)23-2)18-14(10-21)17(20-24-18)11-3-6-13(19)7-4-11/h3-9,21H,10H2,1-2H3. The Labute approximate surface area is 138 Å². The Balaban J connectivity index is 2.08. The highest BCUT2D eigenvalue weighted by Crippen LogP contribution is 2.36. The molecule has 0 amide bonds. The average Bonchev–Trinajstić information content (AvgIpc) is 3.05. The van der Waals surface area contributed by atoms with Crippen LogP contribution in [0.2, 0.25) is 0 Å². The van der Waals surface area contributed by atoms with Crippen molar-refractivity contribution in [2.75, 3.05) is 14.2 Å². The van der Waals surface area contributed by atoms with Crippen LogP contribution in [0, 0.1) is 5.82 Å². The summed E-state index contributed by atoms with van der Waals surface area (Å²) in [5, 5.41) is 13.8. The van der Waals surface area contributed by atoms with E-state index in [1.165, 1.54) is 12.1 Å². The van der Waals surface area contributed by atoms with Crippen molar-refractivity contribution in [2.45, 2.75) is 6.61 Å². The summed E-state index contributed by atoms with van der Waals surface area (Å²) in [5.41, 5.74) is 2.35. The lowest BCUT2D eigenvalue weighted by Crippen LogP contribution is -1.92. The van der Waals surface area contributed by atoms with Crippen LogP contribution in [0.4, 0.5) is 4.39 Å². The van der Waals surface area contributed by atoms with Crippen LogP contribution in [0.3, 0.4) is 0 Å². The highest BCUT2D eigenvalue weighted by molar-refractivity contribution is 5.73. The zero-order valence-electron chi connectivity index (χ0n) is 13.2. The monoisotopic (exact) mass is 329 g/mol. The Morgan fingerprint density at radius 3 is 2.29 bits per heavy atom. The molecule has 0 saturated heterocycles. The van der Waals surface area contributed by atoms with Crippen LogP contribution in [0.5, 0.6) is 11.5 Å². The molecule has 6 heteroatoms. The van der Waals surface area contributed by atoms with Crippen LogP contribution in [-0.4, -0.2) is 24.5 Å². The molecule has 0 spiro atoms. The maximum atomic E-state index is 13.1. The molecule has 0 aliphatic heterocycles. The van der Waals surface area contributed by atoms with Crippen molar-refractivity contribution < 1.29 is 23.5 Å². The number of aliphatic hydroxyl groups excluding tert-OH is 1. The first-order valence-electron chi connectivity index (χ1n) is 7.25. The predicted molar refractivity (Wildman–Crippen MR) is 86.4 cm³/mol. The van der Waals surface area contributed by atoms with E-state index in [4.69, 9.17) is 14.0 Å².